The zero-order chi connectivity index (χ0) is 6.85. The minimum Gasteiger partial charge on any atom is -0.396 e. The van der Waals surface area contributed by atoms with Crippen molar-refractivity contribution < 1.29 is 9.50 Å². The van der Waals surface area contributed by atoms with Crippen molar-refractivity contribution in [2.24, 2.45) is 11.8 Å². The fraction of sp³-hybridized carbons (Fsp3) is 1.00. The van der Waals surface area contributed by atoms with Crippen LogP contribution in [-0.2, 0) is 0 Å². The summed E-state index contributed by atoms with van der Waals surface area (Å²) in [5, 5.41) is 8.63. The van der Waals surface area contributed by atoms with Gasteiger partial charge in [-0.15, -0.1) is 0 Å². The van der Waals surface area contributed by atoms with Gasteiger partial charge in [-0.25, -0.2) is 4.39 Å². The van der Waals surface area contributed by atoms with Gasteiger partial charge in [0, 0.05) is 6.61 Å². The number of hydrogen-bond donors (Lipinski definition) is 1. The molecule has 1 rings (SSSR count). The second-order valence-electron chi connectivity index (χ2n) is 2.99. The van der Waals surface area contributed by atoms with Crippen molar-refractivity contribution in [2.45, 2.75) is 25.9 Å². The van der Waals surface area contributed by atoms with E-state index in [2.05, 4.69) is 0 Å². The molecule has 0 aliphatic heterocycles. The Morgan fingerprint density at radius 3 is 2.56 bits per heavy atom. The van der Waals surface area contributed by atoms with E-state index in [1.807, 2.05) is 6.92 Å². The van der Waals surface area contributed by atoms with E-state index in [1.54, 1.807) is 0 Å². The molecule has 0 unspecified atom stereocenters. The van der Waals surface area contributed by atoms with E-state index in [4.69, 9.17) is 5.11 Å². The Balaban J connectivity index is 2.15. The van der Waals surface area contributed by atoms with Crippen LogP contribution in [0.4, 0.5) is 4.39 Å². The molecule has 1 aliphatic rings. The van der Waals surface area contributed by atoms with Crippen LogP contribution >= 0.6 is 0 Å². The van der Waals surface area contributed by atoms with Crippen molar-refractivity contribution in [3.63, 3.8) is 0 Å². The van der Waals surface area contributed by atoms with E-state index < -0.39 is 6.17 Å². The van der Waals surface area contributed by atoms with Gasteiger partial charge in [-0.05, 0) is 24.7 Å². The third-order valence-electron chi connectivity index (χ3n) is 2.21. The van der Waals surface area contributed by atoms with Gasteiger partial charge >= 0.3 is 0 Å². The molecule has 54 valence electrons. The van der Waals surface area contributed by atoms with Crippen LogP contribution in [-0.4, -0.2) is 17.9 Å². The van der Waals surface area contributed by atoms with Crippen molar-refractivity contribution in [1.82, 2.24) is 0 Å². The van der Waals surface area contributed by atoms with Crippen LogP contribution in [0.2, 0.25) is 0 Å². The highest BCUT2D eigenvalue weighted by Gasteiger charge is 2.32. The molecule has 2 heteroatoms. The van der Waals surface area contributed by atoms with Crippen LogP contribution in [0.25, 0.3) is 0 Å². The van der Waals surface area contributed by atoms with E-state index in [0.29, 0.717) is 24.7 Å². The van der Waals surface area contributed by atoms with Gasteiger partial charge in [-0.1, -0.05) is 6.92 Å². The maximum atomic E-state index is 12.2. The Hall–Kier alpha value is -0.110. The summed E-state index contributed by atoms with van der Waals surface area (Å²) in [7, 11) is 0. The monoisotopic (exact) mass is 132 g/mol. The molecule has 1 saturated carbocycles. The van der Waals surface area contributed by atoms with Gasteiger partial charge < -0.3 is 5.11 Å². The molecular formula is C7H13FO. The van der Waals surface area contributed by atoms with Gasteiger partial charge in [0.15, 0.2) is 0 Å². The minimum absolute atomic E-state index is 0.206. The molecule has 0 aromatic rings. The lowest BCUT2D eigenvalue weighted by Gasteiger charge is -2.33. The van der Waals surface area contributed by atoms with E-state index >= 15 is 0 Å². The molecule has 1 aliphatic carbocycles. The third-order valence-corrected chi connectivity index (χ3v) is 2.21. The molecule has 0 aromatic carbocycles. The first-order chi connectivity index (χ1) is 4.24. The van der Waals surface area contributed by atoms with Gasteiger partial charge in [0.1, 0.15) is 6.17 Å². The van der Waals surface area contributed by atoms with Crippen LogP contribution < -0.4 is 0 Å². The van der Waals surface area contributed by atoms with E-state index in [1.165, 1.54) is 0 Å². The average Bonchev–Trinajstić information content (AvgIpc) is 1.79. The fourth-order valence-corrected chi connectivity index (χ4v) is 1.20. The van der Waals surface area contributed by atoms with Crippen LogP contribution in [0.3, 0.4) is 0 Å². The number of aliphatic hydroxyl groups excluding tert-OH is 1. The van der Waals surface area contributed by atoms with Crippen LogP contribution in [0.15, 0.2) is 0 Å². The van der Waals surface area contributed by atoms with Gasteiger partial charge in [0.25, 0.3) is 0 Å². The molecule has 1 atom stereocenters. The highest BCUT2D eigenvalue weighted by Crippen LogP contribution is 2.35. The Kier molecular flexibility index (Phi) is 2.06. The van der Waals surface area contributed by atoms with Crippen LogP contribution in [0, 0.1) is 11.8 Å². The van der Waals surface area contributed by atoms with Crippen molar-refractivity contribution in [2.75, 3.05) is 6.61 Å². The highest BCUT2D eigenvalue weighted by atomic mass is 19.1. The number of hydrogen-bond acceptors (Lipinski definition) is 1. The maximum absolute atomic E-state index is 12.2. The Labute approximate surface area is 54.9 Å². The predicted octanol–water partition coefficient (Wildman–Crippen LogP) is 1.36. The lowest BCUT2D eigenvalue weighted by Crippen LogP contribution is -2.31. The zero-order valence-electron chi connectivity index (χ0n) is 5.68. The smallest absolute Gasteiger partial charge is 0.101 e. The quantitative estimate of drug-likeness (QED) is 0.601. The summed E-state index contributed by atoms with van der Waals surface area (Å²) in [4.78, 5) is 0. The zero-order valence-corrected chi connectivity index (χ0v) is 5.68. The topological polar surface area (TPSA) is 20.2 Å². The minimum atomic E-state index is -0.580. The third kappa shape index (κ3) is 1.42. The highest BCUT2D eigenvalue weighted by molar-refractivity contribution is 4.82. The summed E-state index contributed by atoms with van der Waals surface area (Å²) < 4.78 is 12.2. The second-order valence-corrected chi connectivity index (χ2v) is 2.99. The normalized spacial score (nSPS) is 37.7. The molecular weight excluding hydrogens is 119 g/mol. The lowest BCUT2D eigenvalue weighted by atomic mass is 9.76. The van der Waals surface area contributed by atoms with Gasteiger partial charge in [-0.2, -0.15) is 0 Å². The van der Waals surface area contributed by atoms with E-state index in [9.17, 15) is 4.39 Å². The van der Waals surface area contributed by atoms with Crippen LogP contribution in [0.1, 0.15) is 19.8 Å². The molecule has 0 heterocycles. The summed E-state index contributed by atoms with van der Waals surface area (Å²) in [5.74, 6) is 0.752. The second kappa shape index (κ2) is 2.65. The molecule has 0 saturated heterocycles. The average molecular weight is 132 g/mol. The first-order valence-corrected chi connectivity index (χ1v) is 3.49. The SMILES string of the molecule is C[C@H](CO)C1CC(F)C1. The summed E-state index contributed by atoms with van der Waals surface area (Å²) in [5.41, 5.74) is 0. The van der Waals surface area contributed by atoms with Crippen molar-refractivity contribution in [1.29, 1.82) is 0 Å². The molecule has 0 bridgehead atoms. The summed E-state index contributed by atoms with van der Waals surface area (Å²) in [6, 6.07) is 0. The lowest BCUT2D eigenvalue weighted by molar-refractivity contribution is 0.0618. The Morgan fingerprint density at radius 1 is 1.67 bits per heavy atom. The van der Waals surface area contributed by atoms with E-state index in [-0.39, 0.29) is 6.61 Å². The molecule has 0 amide bonds. The Morgan fingerprint density at radius 2 is 2.22 bits per heavy atom. The molecule has 0 radical (unpaired) electrons. The first kappa shape index (κ1) is 7.00. The number of halogens is 1. The largest absolute Gasteiger partial charge is 0.396 e. The summed E-state index contributed by atoms with van der Waals surface area (Å²) >= 11 is 0. The van der Waals surface area contributed by atoms with Crippen molar-refractivity contribution >= 4 is 0 Å². The number of alkyl halides is 1. The predicted molar refractivity (Wildman–Crippen MR) is 33.9 cm³/mol. The first-order valence-electron chi connectivity index (χ1n) is 3.49. The van der Waals surface area contributed by atoms with Crippen molar-refractivity contribution in [3.05, 3.63) is 0 Å². The molecule has 1 fully saturated rings. The summed E-state index contributed by atoms with van der Waals surface area (Å²) in [6.45, 7) is 2.17. The van der Waals surface area contributed by atoms with Gasteiger partial charge in [-0.3, -0.25) is 0 Å². The molecule has 0 aromatic heterocycles. The van der Waals surface area contributed by atoms with Gasteiger partial charge in [0.2, 0.25) is 0 Å². The van der Waals surface area contributed by atoms with Crippen molar-refractivity contribution in [3.8, 4) is 0 Å². The van der Waals surface area contributed by atoms with Gasteiger partial charge in [0.05, 0.1) is 0 Å². The summed E-state index contributed by atoms with van der Waals surface area (Å²) in [6.07, 6.45) is 0.757. The Bertz CT molecular complexity index is 88.9. The standard InChI is InChI=1S/C7H13FO/c1-5(4-9)6-2-7(8)3-6/h5-7,9H,2-4H2,1H3/t5-,6?,7?/m1/s1. The fourth-order valence-electron chi connectivity index (χ4n) is 1.20. The van der Waals surface area contributed by atoms with E-state index in [0.717, 1.165) is 0 Å². The molecule has 9 heavy (non-hydrogen) atoms. The molecule has 0 spiro atoms. The number of rotatable bonds is 2. The van der Waals surface area contributed by atoms with Crippen LogP contribution in [0.5, 0.6) is 0 Å². The molecule has 1 N–H and O–H groups in total. The maximum Gasteiger partial charge on any atom is 0.101 e. The number of aliphatic hydroxyl groups is 1. The molecule has 1 nitrogen and oxygen atoms in total.